The number of hydrogen-bond acceptors (Lipinski definition) is 4. The Hall–Kier alpha value is -1.00. The summed E-state index contributed by atoms with van der Waals surface area (Å²) in [7, 11) is 0. The van der Waals surface area contributed by atoms with Crippen molar-refractivity contribution in [2.24, 2.45) is 11.8 Å². The van der Waals surface area contributed by atoms with Gasteiger partial charge in [0.25, 0.3) is 0 Å². The number of nitrogens with zero attached hydrogens (tertiary/aromatic N) is 3. The van der Waals surface area contributed by atoms with Gasteiger partial charge in [-0.2, -0.15) is 10.2 Å². The zero-order valence-electron chi connectivity index (χ0n) is 10.8. The number of hydrogen-bond donors (Lipinski definition) is 1. The van der Waals surface area contributed by atoms with Gasteiger partial charge in [-0.15, -0.1) is 0 Å². The summed E-state index contributed by atoms with van der Waals surface area (Å²) in [6.45, 7) is 10.0. The third-order valence-electron chi connectivity index (χ3n) is 3.14. The largest absolute Gasteiger partial charge is 0.316 e. The molecule has 0 spiro atoms. The summed E-state index contributed by atoms with van der Waals surface area (Å²) in [6, 6.07) is 4.01. The van der Waals surface area contributed by atoms with E-state index in [1.165, 1.54) is 0 Å². The molecule has 4 heteroatoms. The van der Waals surface area contributed by atoms with Gasteiger partial charge in [0.05, 0.1) is 5.69 Å². The van der Waals surface area contributed by atoms with E-state index < -0.39 is 0 Å². The second-order valence-electron chi connectivity index (χ2n) is 5.28. The maximum absolute atomic E-state index is 4.17. The molecule has 0 bridgehead atoms. The molecular formula is C13H22N4. The molecule has 0 saturated carbocycles. The van der Waals surface area contributed by atoms with Gasteiger partial charge in [-0.05, 0) is 37.1 Å². The van der Waals surface area contributed by atoms with Crippen molar-refractivity contribution in [3.8, 4) is 0 Å². The summed E-state index contributed by atoms with van der Waals surface area (Å²) in [4.78, 5) is 2.50. The number of aromatic nitrogens is 2. The van der Waals surface area contributed by atoms with Crippen molar-refractivity contribution in [1.29, 1.82) is 0 Å². The van der Waals surface area contributed by atoms with Gasteiger partial charge in [0.2, 0.25) is 0 Å². The topological polar surface area (TPSA) is 41.0 Å². The average molecular weight is 234 g/mol. The minimum Gasteiger partial charge on any atom is -0.316 e. The Labute approximate surface area is 103 Å². The average Bonchev–Trinajstić information content (AvgIpc) is 2.28. The van der Waals surface area contributed by atoms with Crippen molar-refractivity contribution in [2.45, 2.75) is 20.4 Å². The number of rotatable bonds is 2. The Balaban J connectivity index is 1.96. The van der Waals surface area contributed by atoms with Crippen LogP contribution in [0.2, 0.25) is 0 Å². The summed E-state index contributed by atoms with van der Waals surface area (Å²) in [5.74, 6) is 1.39. The lowest BCUT2D eigenvalue weighted by Gasteiger charge is -2.31. The molecule has 0 aromatic carbocycles. The molecule has 1 N–H and O–H groups in total. The van der Waals surface area contributed by atoms with Crippen molar-refractivity contribution in [3.05, 3.63) is 24.0 Å². The third-order valence-corrected chi connectivity index (χ3v) is 3.14. The summed E-state index contributed by atoms with van der Waals surface area (Å²) in [5.41, 5.74) is 1.07. The monoisotopic (exact) mass is 234 g/mol. The maximum atomic E-state index is 4.17. The first-order valence-corrected chi connectivity index (χ1v) is 6.43. The molecule has 0 radical (unpaired) electrons. The minimum atomic E-state index is 0.694. The van der Waals surface area contributed by atoms with Crippen molar-refractivity contribution in [2.75, 3.05) is 26.2 Å². The summed E-state index contributed by atoms with van der Waals surface area (Å²) in [6.07, 6.45) is 1.73. The standard InChI is InChI=1S/C13H22N4/c1-11-6-14-7-12(2)9-17(8-11)10-13-4-3-5-15-16-13/h3-5,11-12,14H,6-10H2,1-2H3. The van der Waals surface area contributed by atoms with Crippen molar-refractivity contribution < 1.29 is 0 Å². The smallest absolute Gasteiger partial charge is 0.0771 e. The van der Waals surface area contributed by atoms with E-state index in [0.29, 0.717) is 11.8 Å². The third kappa shape index (κ3) is 4.06. The highest BCUT2D eigenvalue weighted by molar-refractivity contribution is 4.99. The molecule has 1 aliphatic heterocycles. The fourth-order valence-electron chi connectivity index (χ4n) is 2.44. The molecule has 0 aliphatic carbocycles. The Morgan fingerprint density at radius 2 is 2.00 bits per heavy atom. The summed E-state index contributed by atoms with van der Waals surface area (Å²) in [5, 5.41) is 11.6. The van der Waals surface area contributed by atoms with E-state index in [0.717, 1.165) is 38.4 Å². The van der Waals surface area contributed by atoms with E-state index in [4.69, 9.17) is 0 Å². The molecule has 1 fully saturated rings. The molecule has 1 aliphatic rings. The molecular weight excluding hydrogens is 212 g/mol. The zero-order chi connectivity index (χ0) is 12.1. The maximum Gasteiger partial charge on any atom is 0.0771 e. The van der Waals surface area contributed by atoms with Crippen LogP contribution < -0.4 is 5.32 Å². The molecule has 4 nitrogen and oxygen atoms in total. The second-order valence-corrected chi connectivity index (χ2v) is 5.28. The van der Waals surface area contributed by atoms with Gasteiger partial charge < -0.3 is 5.32 Å². The fourth-order valence-corrected chi connectivity index (χ4v) is 2.44. The van der Waals surface area contributed by atoms with E-state index in [-0.39, 0.29) is 0 Å². The normalized spacial score (nSPS) is 27.4. The quantitative estimate of drug-likeness (QED) is 0.833. The Kier molecular flexibility index (Phi) is 4.45. The molecule has 2 rings (SSSR count). The van der Waals surface area contributed by atoms with Crippen LogP contribution in [0.5, 0.6) is 0 Å². The van der Waals surface area contributed by atoms with Crippen LogP contribution in [0.15, 0.2) is 18.3 Å². The predicted octanol–water partition coefficient (Wildman–Crippen LogP) is 1.15. The van der Waals surface area contributed by atoms with E-state index in [9.17, 15) is 0 Å². The molecule has 94 valence electrons. The van der Waals surface area contributed by atoms with Crippen molar-refractivity contribution >= 4 is 0 Å². The highest BCUT2D eigenvalue weighted by Crippen LogP contribution is 2.10. The van der Waals surface area contributed by atoms with Crippen LogP contribution in [-0.4, -0.2) is 41.3 Å². The Morgan fingerprint density at radius 3 is 2.59 bits per heavy atom. The molecule has 2 atom stereocenters. The van der Waals surface area contributed by atoms with E-state index >= 15 is 0 Å². The van der Waals surface area contributed by atoms with Crippen LogP contribution in [-0.2, 0) is 6.54 Å². The van der Waals surface area contributed by atoms with E-state index in [1.54, 1.807) is 6.20 Å². The SMILES string of the molecule is CC1CNCC(C)CN(Cc2cccnn2)C1. The van der Waals surface area contributed by atoms with Crippen LogP contribution in [0.3, 0.4) is 0 Å². The molecule has 2 heterocycles. The Morgan fingerprint density at radius 1 is 1.29 bits per heavy atom. The van der Waals surface area contributed by atoms with Crippen LogP contribution in [0.4, 0.5) is 0 Å². The lowest BCUT2D eigenvalue weighted by molar-refractivity contribution is 0.176. The first-order chi connectivity index (χ1) is 8.24. The zero-order valence-corrected chi connectivity index (χ0v) is 10.8. The first kappa shape index (κ1) is 12.5. The number of nitrogens with one attached hydrogen (secondary N) is 1. The lowest BCUT2D eigenvalue weighted by Crippen LogP contribution is -2.42. The second kappa shape index (κ2) is 6.07. The molecule has 17 heavy (non-hydrogen) atoms. The molecule has 0 amide bonds. The van der Waals surface area contributed by atoms with Crippen LogP contribution in [0.25, 0.3) is 0 Å². The molecule has 1 aromatic rings. The highest BCUT2D eigenvalue weighted by atomic mass is 15.2. The van der Waals surface area contributed by atoms with Gasteiger partial charge in [0, 0.05) is 25.8 Å². The first-order valence-electron chi connectivity index (χ1n) is 6.43. The van der Waals surface area contributed by atoms with Gasteiger partial charge in [-0.1, -0.05) is 13.8 Å². The van der Waals surface area contributed by atoms with Gasteiger partial charge in [0.1, 0.15) is 0 Å². The predicted molar refractivity (Wildman–Crippen MR) is 68.5 cm³/mol. The minimum absolute atomic E-state index is 0.694. The van der Waals surface area contributed by atoms with Gasteiger partial charge in [-0.25, -0.2) is 0 Å². The van der Waals surface area contributed by atoms with E-state index in [1.807, 2.05) is 6.07 Å². The Bertz CT molecular complexity index is 315. The highest BCUT2D eigenvalue weighted by Gasteiger charge is 2.17. The van der Waals surface area contributed by atoms with Crippen LogP contribution >= 0.6 is 0 Å². The summed E-state index contributed by atoms with van der Waals surface area (Å²) >= 11 is 0. The van der Waals surface area contributed by atoms with Gasteiger partial charge in [-0.3, -0.25) is 4.90 Å². The van der Waals surface area contributed by atoms with Crippen molar-refractivity contribution in [3.63, 3.8) is 0 Å². The molecule has 1 aromatic heterocycles. The fraction of sp³-hybridized carbons (Fsp3) is 0.692. The summed E-state index contributed by atoms with van der Waals surface area (Å²) < 4.78 is 0. The van der Waals surface area contributed by atoms with Gasteiger partial charge >= 0.3 is 0 Å². The van der Waals surface area contributed by atoms with Crippen LogP contribution in [0.1, 0.15) is 19.5 Å². The molecule has 2 unspecified atom stereocenters. The van der Waals surface area contributed by atoms with Crippen LogP contribution in [0, 0.1) is 11.8 Å². The lowest BCUT2D eigenvalue weighted by atomic mass is 10.1. The molecule has 1 saturated heterocycles. The van der Waals surface area contributed by atoms with Gasteiger partial charge in [0.15, 0.2) is 0 Å². The van der Waals surface area contributed by atoms with E-state index in [2.05, 4.69) is 40.3 Å². The van der Waals surface area contributed by atoms with Crippen molar-refractivity contribution in [1.82, 2.24) is 20.4 Å².